The SMILES string of the molecule is C=CCc1cc(OC)c(O)c(-c2ccccn2)c1. The third-order valence-corrected chi connectivity index (χ3v) is 2.68. The minimum absolute atomic E-state index is 0.115. The first-order valence-corrected chi connectivity index (χ1v) is 5.68. The first-order valence-electron chi connectivity index (χ1n) is 5.68. The van der Waals surface area contributed by atoms with Crippen molar-refractivity contribution in [2.24, 2.45) is 0 Å². The summed E-state index contributed by atoms with van der Waals surface area (Å²) in [7, 11) is 1.54. The van der Waals surface area contributed by atoms with Crippen LogP contribution in [-0.2, 0) is 6.42 Å². The van der Waals surface area contributed by atoms with Gasteiger partial charge in [0.25, 0.3) is 0 Å². The number of rotatable bonds is 4. The zero-order valence-corrected chi connectivity index (χ0v) is 10.3. The summed E-state index contributed by atoms with van der Waals surface area (Å²) in [4.78, 5) is 4.25. The molecule has 0 unspecified atom stereocenters. The van der Waals surface area contributed by atoms with Crippen LogP contribution in [0.2, 0.25) is 0 Å². The van der Waals surface area contributed by atoms with E-state index in [1.807, 2.05) is 36.4 Å². The van der Waals surface area contributed by atoms with Crippen LogP contribution < -0.4 is 4.74 Å². The molecule has 3 nitrogen and oxygen atoms in total. The van der Waals surface area contributed by atoms with E-state index in [-0.39, 0.29) is 5.75 Å². The van der Waals surface area contributed by atoms with E-state index < -0.39 is 0 Å². The number of aromatic nitrogens is 1. The summed E-state index contributed by atoms with van der Waals surface area (Å²) in [6, 6.07) is 9.29. The van der Waals surface area contributed by atoms with Crippen LogP contribution in [0.1, 0.15) is 5.56 Å². The lowest BCUT2D eigenvalue weighted by molar-refractivity contribution is 0.374. The fourth-order valence-electron chi connectivity index (χ4n) is 1.82. The van der Waals surface area contributed by atoms with E-state index >= 15 is 0 Å². The molecule has 1 aromatic heterocycles. The Balaban J connectivity index is 2.58. The Morgan fingerprint density at radius 2 is 2.22 bits per heavy atom. The van der Waals surface area contributed by atoms with Gasteiger partial charge < -0.3 is 9.84 Å². The van der Waals surface area contributed by atoms with Crippen molar-refractivity contribution in [2.75, 3.05) is 7.11 Å². The van der Waals surface area contributed by atoms with Gasteiger partial charge in [-0.2, -0.15) is 0 Å². The highest BCUT2D eigenvalue weighted by Crippen LogP contribution is 2.37. The molecule has 0 saturated carbocycles. The number of allylic oxidation sites excluding steroid dienone is 1. The molecule has 2 aromatic rings. The van der Waals surface area contributed by atoms with Crippen LogP contribution >= 0.6 is 0 Å². The first-order chi connectivity index (χ1) is 8.76. The van der Waals surface area contributed by atoms with Crippen molar-refractivity contribution >= 4 is 0 Å². The number of aromatic hydroxyl groups is 1. The molecule has 0 bridgehead atoms. The molecular weight excluding hydrogens is 226 g/mol. The predicted octanol–water partition coefficient (Wildman–Crippen LogP) is 3.19. The van der Waals surface area contributed by atoms with Crippen molar-refractivity contribution in [1.82, 2.24) is 4.98 Å². The Kier molecular flexibility index (Phi) is 3.63. The number of nitrogens with zero attached hydrogens (tertiary/aromatic N) is 1. The van der Waals surface area contributed by atoms with Gasteiger partial charge in [-0.3, -0.25) is 4.98 Å². The highest BCUT2D eigenvalue weighted by molar-refractivity contribution is 5.71. The number of pyridine rings is 1. The fraction of sp³-hybridized carbons (Fsp3) is 0.133. The highest BCUT2D eigenvalue weighted by atomic mass is 16.5. The Morgan fingerprint density at radius 3 is 2.83 bits per heavy atom. The smallest absolute Gasteiger partial charge is 0.167 e. The summed E-state index contributed by atoms with van der Waals surface area (Å²) in [5.74, 6) is 0.569. The molecule has 0 aliphatic carbocycles. The number of benzene rings is 1. The van der Waals surface area contributed by atoms with Gasteiger partial charge >= 0.3 is 0 Å². The minimum atomic E-state index is 0.115. The number of phenolic OH excluding ortho intramolecular Hbond substituents is 1. The quantitative estimate of drug-likeness (QED) is 0.836. The molecule has 18 heavy (non-hydrogen) atoms. The number of hydrogen-bond acceptors (Lipinski definition) is 3. The van der Waals surface area contributed by atoms with Crippen molar-refractivity contribution < 1.29 is 9.84 Å². The molecule has 0 saturated heterocycles. The standard InChI is InChI=1S/C15H15NO2/c1-3-6-11-9-12(13-7-4-5-8-16-13)15(17)14(10-11)18-2/h3-5,7-10,17H,1,6H2,2H3. The third-order valence-electron chi connectivity index (χ3n) is 2.68. The van der Waals surface area contributed by atoms with E-state index in [9.17, 15) is 5.11 Å². The lowest BCUT2D eigenvalue weighted by atomic mass is 10.0. The van der Waals surface area contributed by atoms with Gasteiger partial charge in [0, 0.05) is 11.8 Å². The molecular formula is C15H15NO2. The lowest BCUT2D eigenvalue weighted by Crippen LogP contribution is -1.92. The van der Waals surface area contributed by atoms with Crippen LogP contribution in [0.5, 0.6) is 11.5 Å². The molecule has 0 fully saturated rings. The molecule has 0 aliphatic rings. The van der Waals surface area contributed by atoms with Gasteiger partial charge in [0.2, 0.25) is 0 Å². The summed E-state index contributed by atoms with van der Waals surface area (Å²) in [5, 5.41) is 10.1. The zero-order chi connectivity index (χ0) is 13.0. The average Bonchev–Trinajstić information content (AvgIpc) is 2.42. The van der Waals surface area contributed by atoms with Gasteiger partial charge in [-0.15, -0.1) is 6.58 Å². The molecule has 0 spiro atoms. The first kappa shape index (κ1) is 12.2. The van der Waals surface area contributed by atoms with E-state index in [1.54, 1.807) is 6.20 Å². The summed E-state index contributed by atoms with van der Waals surface area (Å²) in [6.45, 7) is 3.72. The normalized spacial score (nSPS) is 10.1. The number of ether oxygens (including phenoxy) is 1. The molecule has 92 valence electrons. The van der Waals surface area contributed by atoms with Gasteiger partial charge in [-0.05, 0) is 36.2 Å². The Hall–Kier alpha value is -2.29. The van der Waals surface area contributed by atoms with Crippen molar-refractivity contribution in [1.29, 1.82) is 0 Å². The van der Waals surface area contributed by atoms with Gasteiger partial charge in [-0.25, -0.2) is 0 Å². The van der Waals surface area contributed by atoms with Gasteiger partial charge in [0.15, 0.2) is 11.5 Å². The second-order valence-electron chi connectivity index (χ2n) is 3.90. The van der Waals surface area contributed by atoms with Crippen LogP contribution in [0.25, 0.3) is 11.3 Å². The van der Waals surface area contributed by atoms with Crippen molar-refractivity contribution in [2.45, 2.75) is 6.42 Å². The topological polar surface area (TPSA) is 42.4 Å². The van der Waals surface area contributed by atoms with Gasteiger partial charge in [0.1, 0.15) is 0 Å². The van der Waals surface area contributed by atoms with E-state index in [4.69, 9.17) is 4.74 Å². The highest BCUT2D eigenvalue weighted by Gasteiger charge is 2.12. The fourth-order valence-corrected chi connectivity index (χ4v) is 1.82. The lowest BCUT2D eigenvalue weighted by Gasteiger charge is -2.11. The van der Waals surface area contributed by atoms with E-state index in [0.29, 0.717) is 11.3 Å². The maximum Gasteiger partial charge on any atom is 0.167 e. The van der Waals surface area contributed by atoms with Crippen LogP contribution in [-0.4, -0.2) is 17.2 Å². The van der Waals surface area contributed by atoms with Crippen molar-refractivity contribution in [3.8, 4) is 22.8 Å². The average molecular weight is 241 g/mol. The molecule has 1 heterocycles. The summed E-state index contributed by atoms with van der Waals surface area (Å²) in [6.07, 6.45) is 4.23. The maximum atomic E-state index is 10.1. The van der Waals surface area contributed by atoms with Crippen molar-refractivity contribution in [3.63, 3.8) is 0 Å². The number of phenols is 1. The summed E-state index contributed by atoms with van der Waals surface area (Å²) >= 11 is 0. The minimum Gasteiger partial charge on any atom is -0.504 e. The Labute approximate surface area is 106 Å². The zero-order valence-electron chi connectivity index (χ0n) is 10.3. The second-order valence-corrected chi connectivity index (χ2v) is 3.90. The van der Waals surface area contributed by atoms with Crippen LogP contribution in [0.15, 0.2) is 49.2 Å². The Morgan fingerprint density at radius 1 is 1.39 bits per heavy atom. The summed E-state index contributed by atoms with van der Waals surface area (Å²) < 4.78 is 5.18. The second kappa shape index (κ2) is 5.36. The maximum absolute atomic E-state index is 10.1. The third kappa shape index (κ3) is 2.35. The Bertz CT molecular complexity index is 550. The van der Waals surface area contributed by atoms with Crippen LogP contribution in [0.4, 0.5) is 0 Å². The molecule has 2 rings (SSSR count). The number of hydrogen-bond donors (Lipinski definition) is 1. The van der Waals surface area contributed by atoms with E-state index in [1.165, 1.54) is 7.11 Å². The van der Waals surface area contributed by atoms with Crippen LogP contribution in [0, 0.1) is 0 Å². The monoisotopic (exact) mass is 241 g/mol. The largest absolute Gasteiger partial charge is 0.504 e. The van der Waals surface area contributed by atoms with Crippen LogP contribution in [0.3, 0.4) is 0 Å². The molecule has 1 aromatic carbocycles. The van der Waals surface area contributed by atoms with E-state index in [0.717, 1.165) is 17.7 Å². The van der Waals surface area contributed by atoms with Gasteiger partial charge in [0.05, 0.1) is 12.8 Å². The van der Waals surface area contributed by atoms with E-state index in [2.05, 4.69) is 11.6 Å². The molecule has 0 amide bonds. The molecule has 3 heteroatoms. The van der Waals surface area contributed by atoms with Gasteiger partial charge in [-0.1, -0.05) is 12.1 Å². The summed E-state index contributed by atoms with van der Waals surface area (Å²) in [5.41, 5.74) is 2.42. The molecule has 0 aliphatic heterocycles. The molecule has 0 atom stereocenters. The molecule has 0 radical (unpaired) electrons. The predicted molar refractivity (Wildman–Crippen MR) is 71.8 cm³/mol. The van der Waals surface area contributed by atoms with Crippen molar-refractivity contribution in [3.05, 3.63) is 54.7 Å². The molecule has 1 N–H and O–H groups in total. The number of methoxy groups -OCH3 is 1.